The Balaban J connectivity index is 1.87. The highest BCUT2D eigenvalue weighted by molar-refractivity contribution is 5.86. The zero-order valence-electron chi connectivity index (χ0n) is 15.4. The fraction of sp³-hybridized carbons (Fsp3) is 0.579. The summed E-state index contributed by atoms with van der Waals surface area (Å²) >= 11 is 0. The van der Waals surface area contributed by atoms with E-state index >= 15 is 0 Å². The first-order valence-corrected chi connectivity index (χ1v) is 8.99. The molecule has 0 radical (unpaired) electrons. The lowest BCUT2D eigenvalue weighted by Gasteiger charge is -2.37. The molecule has 1 aromatic carbocycles. The van der Waals surface area contributed by atoms with Gasteiger partial charge < -0.3 is 15.0 Å². The number of benzene rings is 1. The summed E-state index contributed by atoms with van der Waals surface area (Å²) in [4.78, 5) is 28.7. The summed E-state index contributed by atoms with van der Waals surface area (Å²) in [6.07, 6.45) is -0.530. The molecule has 0 aliphatic carbocycles. The monoisotopic (exact) mass is 347 g/mol. The third-order valence-corrected chi connectivity index (χ3v) is 4.41. The second-order valence-electron chi connectivity index (χ2n) is 6.67. The Kier molecular flexibility index (Phi) is 7.25. The first-order chi connectivity index (χ1) is 12.0. The molecular weight excluding hydrogens is 318 g/mol. The molecule has 1 saturated heterocycles. The van der Waals surface area contributed by atoms with Crippen LogP contribution in [-0.4, -0.2) is 60.6 Å². The highest BCUT2D eigenvalue weighted by Gasteiger charge is 2.31. The van der Waals surface area contributed by atoms with Crippen molar-refractivity contribution in [3.63, 3.8) is 0 Å². The van der Waals surface area contributed by atoms with Gasteiger partial charge in [0.2, 0.25) is 5.91 Å². The summed E-state index contributed by atoms with van der Waals surface area (Å²) in [5.41, 5.74) is 1.28. The largest absolute Gasteiger partial charge is 0.450 e. The zero-order chi connectivity index (χ0) is 18.2. The molecule has 6 nitrogen and oxygen atoms in total. The van der Waals surface area contributed by atoms with Crippen LogP contribution in [0.2, 0.25) is 0 Å². The van der Waals surface area contributed by atoms with Gasteiger partial charge in [0, 0.05) is 32.7 Å². The van der Waals surface area contributed by atoms with Gasteiger partial charge in [0.25, 0.3) is 0 Å². The zero-order valence-corrected chi connectivity index (χ0v) is 15.4. The number of carbonyl (C=O) groups is 2. The highest BCUT2D eigenvalue weighted by atomic mass is 16.5. The van der Waals surface area contributed by atoms with Crippen molar-refractivity contribution < 1.29 is 14.3 Å². The maximum atomic E-state index is 12.8. The van der Waals surface area contributed by atoms with Crippen LogP contribution >= 0.6 is 0 Å². The van der Waals surface area contributed by atoms with Crippen molar-refractivity contribution in [2.75, 3.05) is 32.8 Å². The van der Waals surface area contributed by atoms with E-state index in [1.165, 1.54) is 5.56 Å². The summed E-state index contributed by atoms with van der Waals surface area (Å²) in [5.74, 6) is -0.0123. The second-order valence-corrected chi connectivity index (χ2v) is 6.67. The quantitative estimate of drug-likeness (QED) is 0.856. The maximum absolute atomic E-state index is 12.8. The number of hydrogen-bond donors (Lipinski definition) is 1. The molecule has 6 heteroatoms. The van der Waals surface area contributed by atoms with Crippen LogP contribution in [0, 0.1) is 5.92 Å². The summed E-state index contributed by atoms with van der Waals surface area (Å²) in [6, 6.07) is 9.81. The number of hydrogen-bond acceptors (Lipinski definition) is 4. The van der Waals surface area contributed by atoms with E-state index in [9.17, 15) is 9.59 Å². The Hall–Kier alpha value is -2.08. The summed E-state index contributed by atoms with van der Waals surface area (Å²) < 4.78 is 4.91. The van der Waals surface area contributed by atoms with Crippen LogP contribution in [0.3, 0.4) is 0 Å². The third kappa shape index (κ3) is 5.74. The van der Waals surface area contributed by atoms with E-state index in [4.69, 9.17) is 4.74 Å². The molecule has 1 aliphatic rings. The van der Waals surface area contributed by atoms with Crippen molar-refractivity contribution in [1.82, 2.24) is 15.1 Å². The molecule has 1 aliphatic heterocycles. The maximum Gasteiger partial charge on any atom is 0.407 e. The van der Waals surface area contributed by atoms with Crippen molar-refractivity contribution in [3.8, 4) is 0 Å². The smallest absolute Gasteiger partial charge is 0.407 e. The van der Waals surface area contributed by atoms with Gasteiger partial charge in [-0.05, 0) is 18.4 Å². The second kappa shape index (κ2) is 9.42. The van der Waals surface area contributed by atoms with E-state index in [1.54, 1.807) is 6.92 Å². The minimum atomic E-state index is -0.542. The lowest BCUT2D eigenvalue weighted by molar-refractivity contribution is -0.136. The third-order valence-electron chi connectivity index (χ3n) is 4.41. The molecule has 0 bridgehead atoms. The standard InChI is InChI=1S/C19H29N3O3/c1-4-25-19(24)20-17(15(2)3)18(23)22-12-10-21(11-13-22)14-16-8-6-5-7-9-16/h5-9,15,17H,4,10-14H2,1-3H3,(H,20,24). The Morgan fingerprint density at radius 2 is 1.76 bits per heavy atom. The molecule has 1 heterocycles. The van der Waals surface area contributed by atoms with E-state index in [-0.39, 0.29) is 11.8 Å². The van der Waals surface area contributed by atoms with Crippen LogP contribution in [-0.2, 0) is 16.1 Å². The molecule has 2 amide bonds. The Bertz CT molecular complexity index is 554. The minimum Gasteiger partial charge on any atom is -0.450 e. The van der Waals surface area contributed by atoms with E-state index in [2.05, 4.69) is 22.3 Å². The van der Waals surface area contributed by atoms with Gasteiger partial charge in [0.05, 0.1) is 6.61 Å². The van der Waals surface area contributed by atoms with Crippen molar-refractivity contribution >= 4 is 12.0 Å². The average Bonchev–Trinajstić information content (AvgIpc) is 2.61. The van der Waals surface area contributed by atoms with Gasteiger partial charge in [-0.1, -0.05) is 44.2 Å². The predicted octanol–water partition coefficient (Wildman–Crippen LogP) is 2.10. The Morgan fingerprint density at radius 1 is 1.12 bits per heavy atom. The van der Waals surface area contributed by atoms with E-state index in [1.807, 2.05) is 36.9 Å². The van der Waals surface area contributed by atoms with Crippen LogP contribution in [0.1, 0.15) is 26.3 Å². The van der Waals surface area contributed by atoms with E-state index < -0.39 is 12.1 Å². The molecule has 0 saturated carbocycles. The van der Waals surface area contributed by atoms with Crippen LogP contribution in [0.15, 0.2) is 30.3 Å². The van der Waals surface area contributed by atoms with Crippen molar-refractivity contribution in [3.05, 3.63) is 35.9 Å². The van der Waals surface area contributed by atoms with E-state index in [0.29, 0.717) is 19.7 Å². The number of piperazine rings is 1. The number of ether oxygens (including phenoxy) is 1. The number of nitrogens with one attached hydrogen (secondary N) is 1. The van der Waals surface area contributed by atoms with Gasteiger partial charge in [-0.25, -0.2) is 4.79 Å². The molecule has 2 rings (SSSR count). The van der Waals surface area contributed by atoms with Crippen LogP contribution in [0.4, 0.5) is 4.79 Å². The van der Waals surface area contributed by atoms with Crippen LogP contribution in [0.5, 0.6) is 0 Å². The van der Waals surface area contributed by atoms with Gasteiger partial charge in [-0.3, -0.25) is 9.69 Å². The molecule has 0 spiro atoms. The minimum absolute atomic E-state index is 0.0132. The fourth-order valence-electron chi connectivity index (χ4n) is 2.98. The highest BCUT2D eigenvalue weighted by Crippen LogP contribution is 2.12. The summed E-state index contributed by atoms with van der Waals surface area (Å²) in [6.45, 7) is 9.84. The normalized spacial score (nSPS) is 16.6. The fourth-order valence-corrected chi connectivity index (χ4v) is 2.98. The molecular formula is C19H29N3O3. The molecule has 1 atom stereocenters. The van der Waals surface area contributed by atoms with Gasteiger partial charge in [-0.15, -0.1) is 0 Å². The topological polar surface area (TPSA) is 61.9 Å². The van der Waals surface area contributed by atoms with Crippen molar-refractivity contribution in [2.45, 2.75) is 33.4 Å². The predicted molar refractivity (Wildman–Crippen MR) is 97.1 cm³/mol. The molecule has 0 aromatic heterocycles. The van der Waals surface area contributed by atoms with Crippen LogP contribution in [0.25, 0.3) is 0 Å². The van der Waals surface area contributed by atoms with Gasteiger partial charge in [0.15, 0.2) is 0 Å². The van der Waals surface area contributed by atoms with Crippen molar-refractivity contribution in [1.29, 1.82) is 0 Å². The number of amides is 2. The van der Waals surface area contributed by atoms with Crippen LogP contribution < -0.4 is 5.32 Å². The molecule has 1 N–H and O–H groups in total. The molecule has 25 heavy (non-hydrogen) atoms. The summed E-state index contributed by atoms with van der Waals surface area (Å²) in [7, 11) is 0. The van der Waals surface area contributed by atoms with E-state index in [0.717, 1.165) is 19.6 Å². The van der Waals surface area contributed by atoms with Gasteiger partial charge in [-0.2, -0.15) is 0 Å². The Labute approximate surface area is 150 Å². The first-order valence-electron chi connectivity index (χ1n) is 8.99. The first kappa shape index (κ1) is 19.2. The number of rotatable bonds is 6. The molecule has 1 unspecified atom stereocenters. The van der Waals surface area contributed by atoms with Crippen molar-refractivity contribution in [2.24, 2.45) is 5.92 Å². The SMILES string of the molecule is CCOC(=O)NC(C(=O)N1CCN(Cc2ccccc2)CC1)C(C)C. The lowest BCUT2D eigenvalue weighted by Crippen LogP contribution is -2.56. The lowest BCUT2D eigenvalue weighted by atomic mass is 10.0. The van der Waals surface area contributed by atoms with Gasteiger partial charge >= 0.3 is 6.09 Å². The summed E-state index contributed by atoms with van der Waals surface area (Å²) in [5, 5.41) is 2.70. The van der Waals surface area contributed by atoms with Gasteiger partial charge in [0.1, 0.15) is 6.04 Å². The molecule has 1 fully saturated rings. The number of carbonyl (C=O) groups excluding carboxylic acids is 2. The average molecular weight is 347 g/mol. The Morgan fingerprint density at radius 3 is 2.32 bits per heavy atom. The molecule has 138 valence electrons. The number of nitrogens with zero attached hydrogens (tertiary/aromatic N) is 2. The number of alkyl carbamates (subject to hydrolysis) is 1. The molecule has 1 aromatic rings.